The first-order chi connectivity index (χ1) is 9.95. The zero-order valence-corrected chi connectivity index (χ0v) is 13.5. The van der Waals surface area contributed by atoms with Crippen LogP contribution in [0.25, 0.3) is 0 Å². The molecule has 1 aromatic carbocycles. The standard InChI is InChI=1S/C14H20Cl2N4O/c1-19-4-6-20(7-5-19)3-2-13(21)18-14-11(16)8-10(15)9-12(14)17/h8-9H,2-7,17H2,1H3,(H,18,21). The second kappa shape index (κ2) is 7.31. The van der Waals surface area contributed by atoms with Gasteiger partial charge in [0.25, 0.3) is 0 Å². The molecule has 0 saturated carbocycles. The SMILES string of the molecule is CN1CCN(CCC(=O)Nc2c(N)cc(Cl)cc2Cl)CC1. The molecule has 116 valence electrons. The smallest absolute Gasteiger partial charge is 0.225 e. The van der Waals surface area contributed by atoms with Crippen LogP contribution in [0.4, 0.5) is 11.4 Å². The van der Waals surface area contributed by atoms with E-state index in [1.807, 2.05) is 0 Å². The summed E-state index contributed by atoms with van der Waals surface area (Å²) in [7, 11) is 2.11. The van der Waals surface area contributed by atoms with E-state index in [2.05, 4.69) is 22.2 Å². The van der Waals surface area contributed by atoms with Crippen LogP contribution in [0, 0.1) is 0 Å². The predicted molar refractivity (Wildman–Crippen MR) is 88.1 cm³/mol. The average Bonchev–Trinajstić information content (AvgIpc) is 2.42. The van der Waals surface area contributed by atoms with Gasteiger partial charge in [0, 0.05) is 44.2 Å². The quantitative estimate of drug-likeness (QED) is 0.830. The third kappa shape index (κ3) is 4.74. The number of piperazine rings is 1. The van der Waals surface area contributed by atoms with Crippen LogP contribution in [0.5, 0.6) is 0 Å². The summed E-state index contributed by atoms with van der Waals surface area (Å²) in [5, 5.41) is 3.57. The molecule has 3 N–H and O–H groups in total. The van der Waals surface area contributed by atoms with Gasteiger partial charge in [-0.05, 0) is 19.2 Å². The van der Waals surface area contributed by atoms with Crippen molar-refractivity contribution >= 4 is 40.5 Å². The Balaban J connectivity index is 1.85. The number of halogens is 2. The van der Waals surface area contributed by atoms with Gasteiger partial charge in [-0.15, -0.1) is 0 Å². The van der Waals surface area contributed by atoms with Gasteiger partial charge in [-0.25, -0.2) is 0 Å². The van der Waals surface area contributed by atoms with E-state index in [-0.39, 0.29) is 5.91 Å². The van der Waals surface area contributed by atoms with Crippen molar-refractivity contribution in [2.24, 2.45) is 0 Å². The number of carbonyl (C=O) groups excluding carboxylic acids is 1. The fraction of sp³-hybridized carbons (Fsp3) is 0.500. The lowest BCUT2D eigenvalue weighted by atomic mass is 10.2. The van der Waals surface area contributed by atoms with Gasteiger partial charge < -0.3 is 20.9 Å². The van der Waals surface area contributed by atoms with E-state index in [0.29, 0.717) is 27.8 Å². The largest absolute Gasteiger partial charge is 0.397 e. The van der Waals surface area contributed by atoms with Crippen LogP contribution in [0.15, 0.2) is 12.1 Å². The number of anilines is 2. The average molecular weight is 331 g/mol. The zero-order chi connectivity index (χ0) is 15.4. The normalized spacial score (nSPS) is 16.9. The second-order valence-electron chi connectivity index (χ2n) is 5.29. The number of nitrogen functional groups attached to an aromatic ring is 1. The van der Waals surface area contributed by atoms with Crippen LogP contribution < -0.4 is 11.1 Å². The fourth-order valence-electron chi connectivity index (χ4n) is 2.26. The molecule has 1 aliphatic rings. The maximum atomic E-state index is 12.0. The summed E-state index contributed by atoms with van der Waals surface area (Å²) in [6.07, 6.45) is 0.419. The number of hydrogen-bond acceptors (Lipinski definition) is 4. The minimum atomic E-state index is -0.0927. The Hall–Kier alpha value is -1.01. The molecule has 0 aromatic heterocycles. The molecule has 0 aliphatic carbocycles. The van der Waals surface area contributed by atoms with E-state index in [1.165, 1.54) is 0 Å². The summed E-state index contributed by atoms with van der Waals surface area (Å²) in [5.74, 6) is -0.0927. The van der Waals surface area contributed by atoms with Gasteiger partial charge in [0.05, 0.1) is 16.4 Å². The van der Waals surface area contributed by atoms with Crippen molar-refractivity contribution in [1.29, 1.82) is 0 Å². The van der Waals surface area contributed by atoms with Crippen molar-refractivity contribution in [3.8, 4) is 0 Å². The highest BCUT2D eigenvalue weighted by Crippen LogP contribution is 2.32. The van der Waals surface area contributed by atoms with Crippen LogP contribution in [0.2, 0.25) is 10.0 Å². The first kappa shape index (κ1) is 16.4. The van der Waals surface area contributed by atoms with Crippen LogP contribution in [-0.2, 0) is 4.79 Å². The lowest BCUT2D eigenvalue weighted by molar-refractivity contribution is -0.116. The Morgan fingerprint density at radius 2 is 1.95 bits per heavy atom. The van der Waals surface area contributed by atoms with E-state index >= 15 is 0 Å². The highest BCUT2D eigenvalue weighted by Gasteiger charge is 2.16. The number of nitrogens with zero attached hydrogens (tertiary/aromatic N) is 2. The topological polar surface area (TPSA) is 61.6 Å². The molecule has 21 heavy (non-hydrogen) atoms. The summed E-state index contributed by atoms with van der Waals surface area (Å²) in [5.41, 5.74) is 6.64. The van der Waals surface area contributed by atoms with Crippen LogP contribution in [-0.4, -0.2) is 55.5 Å². The number of amides is 1. The Kier molecular flexibility index (Phi) is 5.70. The summed E-state index contributed by atoms with van der Waals surface area (Å²) >= 11 is 11.9. The predicted octanol–water partition coefficient (Wildman–Crippen LogP) is 2.15. The fourth-order valence-corrected chi connectivity index (χ4v) is 2.81. The molecule has 0 radical (unpaired) electrons. The molecule has 5 nitrogen and oxygen atoms in total. The van der Waals surface area contributed by atoms with Crippen molar-refractivity contribution in [3.05, 3.63) is 22.2 Å². The van der Waals surface area contributed by atoms with Gasteiger partial charge in [0.1, 0.15) is 0 Å². The third-order valence-electron chi connectivity index (χ3n) is 3.60. The molecule has 1 aromatic rings. The number of benzene rings is 1. The first-order valence-electron chi connectivity index (χ1n) is 6.91. The lowest BCUT2D eigenvalue weighted by Crippen LogP contribution is -2.45. The highest BCUT2D eigenvalue weighted by molar-refractivity contribution is 6.37. The molecule has 2 rings (SSSR count). The van der Waals surface area contributed by atoms with Gasteiger partial charge >= 0.3 is 0 Å². The van der Waals surface area contributed by atoms with Crippen LogP contribution >= 0.6 is 23.2 Å². The number of nitrogens with two attached hydrogens (primary N) is 1. The van der Waals surface area contributed by atoms with Crippen molar-refractivity contribution in [1.82, 2.24) is 9.80 Å². The van der Waals surface area contributed by atoms with Crippen molar-refractivity contribution in [2.75, 3.05) is 50.8 Å². The lowest BCUT2D eigenvalue weighted by Gasteiger charge is -2.32. The Morgan fingerprint density at radius 3 is 2.57 bits per heavy atom. The molecule has 1 amide bonds. The molecule has 0 spiro atoms. The third-order valence-corrected chi connectivity index (χ3v) is 4.12. The number of likely N-dealkylation sites (N-methyl/N-ethyl adjacent to an activating group) is 1. The highest BCUT2D eigenvalue weighted by atomic mass is 35.5. The summed E-state index contributed by atoms with van der Waals surface area (Å²) < 4.78 is 0. The van der Waals surface area contributed by atoms with Gasteiger partial charge in [-0.2, -0.15) is 0 Å². The van der Waals surface area contributed by atoms with E-state index < -0.39 is 0 Å². The maximum Gasteiger partial charge on any atom is 0.225 e. The van der Waals surface area contributed by atoms with Gasteiger partial charge in [-0.3, -0.25) is 4.79 Å². The van der Waals surface area contributed by atoms with Crippen LogP contribution in [0.3, 0.4) is 0 Å². The summed E-state index contributed by atoms with van der Waals surface area (Å²) in [6, 6.07) is 3.14. The van der Waals surface area contributed by atoms with Crippen molar-refractivity contribution < 1.29 is 4.79 Å². The molecule has 0 atom stereocenters. The number of carbonyl (C=O) groups is 1. The van der Waals surface area contributed by atoms with Gasteiger partial charge in [0.2, 0.25) is 5.91 Å². The molecular formula is C14H20Cl2N4O. The van der Waals surface area contributed by atoms with E-state index in [4.69, 9.17) is 28.9 Å². The molecule has 1 aliphatic heterocycles. The second-order valence-corrected chi connectivity index (χ2v) is 6.14. The molecule has 1 saturated heterocycles. The maximum absolute atomic E-state index is 12.0. The number of rotatable bonds is 4. The molecule has 7 heteroatoms. The number of nitrogens with one attached hydrogen (secondary N) is 1. The van der Waals surface area contributed by atoms with Gasteiger partial charge in [0.15, 0.2) is 0 Å². The zero-order valence-electron chi connectivity index (χ0n) is 12.0. The first-order valence-corrected chi connectivity index (χ1v) is 7.66. The summed E-state index contributed by atoms with van der Waals surface area (Å²) in [6.45, 7) is 4.81. The van der Waals surface area contributed by atoms with Crippen LogP contribution in [0.1, 0.15) is 6.42 Å². The van der Waals surface area contributed by atoms with E-state index in [9.17, 15) is 4.79 Å². The Bertz CT molecular complexity index is 493. The van der Waals surface area contributed by atoms with Gasteiger partial charge in [-0.1, -0.05) is 23.2 Å². The van der Waals surface area contributed by atoms with Crippen molar-refractivity contribution in [2.45, 2.75) is 6.42 Å². The Morgan fingerprint density at radius 1 is 1.29 bits per heavy atom. The summed E-state index contributed by atoms with van der Waals surface area (Å²) in [4.78, 5) is 16.6. The minimum Gasteiger partial charge on any atom is -0.397 e. The Labute approximate surface area is 135 Å². The molecular weight excluding hydrogens is 311 g/mol. The monoisotopic (exact) mass is 330 g/mol. The van der Waals surface area contributed by atoms with E-state index in [0.717, 1.165) is 32.7 Å². The minimum absolute atomic E-state index is 0.0927. The van der Waals surface area contributed by atoms with E-state index in [1.54, 1.807) is 12.1 Å². The molecule has 1 fully saturated rings. The van der Waals surface area contributed by atoms with Crippen molar-refractivity contribution in [3.63, 3.8) is 0 Å². The molecule has 0 unspecified atom stereocenters. The molecule has 1 heterocycles. The molecule has 0 bridgehead atoms. The number of hydrogen-bond donors (Lipinski definition) is 2.